The Morgan fingerprint density at radius 2 is 1.74 bits per heavy atom. The molecule has 2 saturated carbocycles. The summed E-state index contributed by atoms with van der Waals surface area (Å²) >= 11 is 0. The van der Waals surface area contributed by atoms with E-state index >= 15 is 0 Å². The zero-order valence-electron chi connectivity index (χ0n) is 19.4. The van der Waals surface area contributed by atoms with Gasteiger partial charge in [0.1, 0.15) is 5.78 Å². The van der Waals surface area contributed by atoms with Gasteiger partial charge in [-0.15, -0.1) is 0 Å². The molecule has 0 radical (unpaired) electrons. The number of ketones is 1. The summed E-state index contributed by atoms with van der Waals surface area (Å²) in [6.07, 6.45) is 9.29. The molecule has 2 aliphatic carbocycles. The van der Waals surface area contributed by atoms with Crippen molar-refractivity contribution < 1.29 is 23.1 Å². The van der Waals surface area contributed by atoms with Crippen molar-refractivity contribution in [2.75, 3.05) is 13.2 Å². The predicted octanol–water partition coefficient (Wildman–Crippen LogP) is 3.49. The average Bonchev–Trinajstić information content (AvgIpc) is 3.76. The lowest BCUT2D eigenvalue weighted by atomic mass is 9.81. The third-order valence-electron chi connectivity index (χ3n) is 7.30. The van der Waals surface area contributed by atoms with E-state index in [2.05, 4.69) is 9.97 Å². The summed E-state index contributed by atoms with van der Waals surface area (Å²) in [5.74, 6) is 0.415. The number of ether oxygens (including phenoxy) is 1. The van der Waals surface area contributed by atoms with Crippen molar-refractivity contribution >= 4 is 15.6 Å². The summed E-state index contributed by atoms with van der Waals surface area (Å²) in [4.78, 5) is 22.5. The molecule has 2 aromatic rings. The lowest BCUT2D eigenvalue weighted by Crippen LogP contribution is -2.23. The van der Waals surface area contributed by atoms with Gasteiger partial charge in [0, 0.05) is 25.3 Å². The van der Waals surface area contributed by atoms with Gasteiger partial charge in [0.05, 0.1) is 40.8 Å². The van der Waals surface area contributed by atoms with Gasteiger partial charge in [-0.2, -0.15) is 0 Å². The van der Waals surface area contributed by atoms with Gasteiger partial charge in [0.2, 0.25) is 0 Å². The van der Waals surface area contributed by atoms with Crippen LogP contribution in [-0.2, 0) is 32.4 Å². The van der Waals surface area contributed by atoms with E-state index < -0.39 is 9.84 Å². The summed E-state index contributed by atoms with van der Waals surface area (Å²) in [6, 6.07) is 5.63. The third kappa shape index (κ3) is 5.24. The van der Waals surface area contributed by atoms with E-state index in [-0.39, 0.29) is 35.9 Å². The molecular weight excluding hydrogens is 452 g/mol. The summed E-state index contributed by atoms with van der Waals surface area (Å²) < 4.78 is 31.6. The highest BCUT2D eigenvalue weighted by Gasteiger charge is 2.40. The smallest absolute Gasteiger partial charge is 0.181 e. The van der Waals surface area contributed by atoms with Crippen molar-refractivity contribution in [3.63, 3.8) is 0 Å². The quantitative estimate of drug-likeness (QED) is 0.550. The number of benzene rings is 1. The van der Waals surface area contributed by atoms with E-state index in [1.807, 2.05) is 12.1 Å². The number of Topliss-reactive ketones (excluding diaryl/α,β-unsaturated/α-hetero) is 1. The molecule has 1 aromatic carbocycles. The lowest BCUT2D eigenvalue weighted by molar-refractivity contribution is -0.120. The van der Waals surface area contributed by atoms with Crippen LogP contribution in [-0.4, -0.2) is 47.7 Å². The molecule has 0 unspecified atom stereocenters. The molecular formula is C26H32N2O5S. The van der Waals surface area contributed by atoms with E-state index in [0.29, 0.717) is 35.4 Å². The third-order valence-corrected chi connectivity index (χ3v) is 9.63. The molecule has 1 aromatic heterocycles. The summed E-state index contributed by atoms with van der Waals surface area (Å²) in [6.45, 7) is 1.24. The number of aromatic nitrogens is 2. The van der Waals surface area contributed by atoms with Gasteiger partial charge in [-0.1, -0.05) is 12.1 Å². The minimum absolute atomic E-state index is 0.0667. The Morgan fingerprint density at radius 3 is 2.35 bits per heavy atom. The zero-order valence-corrected chi connectivity index (χ0v) is 20.2. The van der Waals surface area contributed by atoms with Crippen LogP contribution in [0.5, 0.6) is 0 Å². The number of hydrogen-bond donors (Lipinski definition) is 1. The fourth-order valence-corrected chi connectivity index (χ4v) is 6.87. The molecule has 2 heterocycles. The minimum atomic E-state index is -3.29. The van der Waals surface area contributed by atoms with E-state index in [0.717, 1.165) is 56.1 Å². The Bertz CT molecular complexity index is 1130. The van der Waals surface area contributed by atoms with Gasteiger partial charge in [-0.05, 0) is 74.0 Å². The SMILES string of the molecule is O=C(Cc1cnc(CO)cn1)[C@H](CC1CCOCC1)c1ccc(S(=O)(=O)C2CC2)c(C2CC2)c1. The normalized spacial score (nSPS) is 20.3. The molecule has 1 saturated heterocycles. The molecule has 0 amide bonds. The van der Waals surface area contributed by atoms with Crippen LogP contribution in [0, 0.1) is 5.92 Å². The van der Waals surface area contributed by atoms with Crippen LogP contribution in [0.15, 0.2) is 35.5 Å². The highest BCUT2D eigenvalue weighted by Crippen LogP contribution is 2.46. The van der Waals surface area contributed by atoms with Crippen molar-refractivity contribution in [3.8, 4) is 0 Å². The first kappa shape index (κ1) is 23.6. The molecule has 3 aliphatic rings. The number of nitrogens with zero attached hydrogens (tertiary/aromatic N) is 2. The van der Waals surface area contributed by atoms with Crippen molar-refractivity contribution in [1.82, 2.24) is 9.97 Å². The number of rotatable bonds is 10. The maximum absolute atomic E-state index is 13.6. The number of carbonyl (C=O) groups excluding carboxylic acids is 1. The predicted molar refractivity (Wildman–Crippen MR) is 126 cm³/mol. The van der Waals surface area contributed by atoms with Crippen LogP contribution >= 0.6 is 0 Å². The summed E-state index contributed by atoms with van der Waals surface area (Å²) in [7, 11) is -3.29. The number of hydrogen-bond acceptors (Lipinski definition) is 7. The van der Waals surface area contributed by atoms with Crippen LogP contribution in [0.3, 0.4) is 0 Å². The zero-order chi connectivity index (χ0) is 23.7. The molecule has 1 atom stereocenters. The van der Waals surface area contributed by atoms with Gasteiger partial charge in [0.15, 0.2) is 9.84 Å². The number of sulfone groups is 1. The molecule has 8 heteroatoms. The highest BCUT2D eigenvalue weighted by atomic mass is 32.2. The van der Waals surface area contributed by atoms with Crippen LogP contribution < -0.4 is 0 Å². The fourth-order valence-electron chi connectivity index (χ4n) is 4.94. The maximum atomic E-state index is 13.6. The molecule has 34 heavy (non-hydrogen) atoms. The first-order chi connectivity index (χ1) is 16.5. The Kier molecular flexibility index (Phi) is 6.82. The van der Waals surface area contributed by atoms with Crippen LogP contribution in [0.1, 0.15) is 79.3 Å². The van der Waals surface area contributed by atoms with Crippen molar-refractivity contribution in [3.05, 3.63) is 53.1 Å². The second-order valence-electron chi connectivity index (χ2n) is 9.96. The van der Waals surface area contributed by atoms with E-state index in [1.54, 1.807) is 12.3 Å². The monoisotopic (exact) mass is 484 g/mol. The molecule has 1 N–H and O–H groups in total. The Hall–Kier alpha value is -2.16. The largest absolute Gasteiger partial charge is 0.390 e. The topological polar surface area (TPSA) is 106 Å². The van der Waals surface area contributed by atoms with Crippen molar-refractivity contribution in [1.29, 1.82) is 0 Å². The molecule has 0 spiro atoms. The number of carbonyl (C=O) groups is 1. The first-order valence-electron chi connectivity index (χ1n) is 12.3. The van der Waals surface area contributed by atoms with Crippen LogP contribution in [0.2, 0.25) is 0 Å². The average molecular weight is 485 g/mol. The standard InChI is InChI=1S/C26H32N2O5S/c29-16-21-15-27-20(14-28-21)13-25(30)23(11-17-7-9-33-10-8-17)19-3-6-26(24(12-19)18-1-2-18)34(31,32)22-4-5-22/h3,6,12,14-15,17-18,22-23,29H,1-2,4-5,7-11,13,16H2/t23-/m1/s1. The Labute approximate surface area is 200 Å². The molecule has 5 rings (SSSR count). The van der Waals surface area contributed by atoms with Crippen molar-refractivity contribution in [2.45, 2.75) is 80.0 Å². The van der Waals surface area contributed by atoms with Crippen molar-refractivity contribution in [2.24, 2.45) is 5.92 Å². The van der Waals surface area contributed by atoms with Crippen LogP contribution in [0.4, 0.5) is 0 Å². The summed E-state index contributed by atoms with van der Waals surface area (Å²) in [5.41, 5.74) is 2.86. The second kappa shape index (κ2) is 9.84. The molecule has 1 aliphatic heterocycles. The van der Waals surface area contributed by atoms with Crippen LogP contribution in [0.25, 0.3) is 0 Å². The van der Waals surface area contributed by atoms with Gasteiger partial charge in [-0.3, -0.25) is 14.8 Å². The molecule has 7 nitrogen and oxygen atoms in total. The van der Waals surface area contributed by atoms with Gasteiger partial charge >= 0.3 is 0 Å². The van der Waals surface area contributed by atoms with E-state index in [9.17, 15) is 18.3 Å². The Morgan fingerprint density at radius 1 is 1.03 bits per heavy atom. The van der Waals surface area contributed by atoms with E-state index in [1.165, 1.54) is 6.20 Å². The Balaban J connectivity index is 1.45. The molecule has 3 fully saturated rings. The fraction of sp³-hybridized carbons (Fsp3) is 0.577. The lowest BCUT2D eigenvalue weighted by Gasteiger charge is -2.27. The highest BCUT2D eigenvalue weighted by molar-refractivity contribution is 7.92. The van der Waals surface area contributed by atoms with Gasteiger partial charge in [0.25, 0.3) is 0 Å². The number of aliphatic hydroxyl groups is 1. The maximum Gasteiger partial charge on any atom is 0.181 e. The summed E-state index contributed by atoms with van der Waals surface area (Å²) in [5, 5.41) is 8.96. The number of aliphatic hydroxyl groups excluding tert-OH is 1. The van der Waals surface area contributed by atoms with Gasteiger partial charge < -0.3 is 9.84 Å². The molecule has 182 valence electrons. The molecule has 0 bridgehead atoms. The first-order valence-corrected chi connectivity index (χ1v) is 13.9. The minimum Gasteiger partial charge on any atom is -0.390 e. The van der Waals surface area contributed by atoms with E-state index in [4.69, 9.17) is 4.74 Å². The van der Waals surface area contributed by atoms with Gasteiger partial charge in [-0.25, -0.2) is 8.42 Å². The second-order valence-corrected chi connectivity index (χ2v) is 12.2.